The van der Waals surface area contributed by atoms with Gasteiger partial charge in [0.05, 0.1) is 0 Å². The second kappa shape index (κ2) is 6.98. The van der Waals surface area contributed by atoms with Gasteiger partial charge >= 0.3 is 0 Å². The van der Waals surface area contributed by atoms with Crippen LogP contribution in [0.2, 0.25) is 0 Å². The third-order valence-electron chi connectivity index (χ3n) is 5.53. The fraction of sp³-hybridized carbons (Fsp3) is 0.550. The molecule has 1 aliphatic heterocycles. The van der Waals surface area contributed by atoms with Gasteiger partial charge in [-0.05, 0) is 56.6 Å². The average molecular weight is 338 g/mol. The molecule has 2 aliphatic rings. The highest BCUT2D eigenvalue weighted by atomic mass is 16.2. The van der Waals surface area contributed by atoms with E-state index in [1.54, 1.807) is 12.3 Å². The third kappa shape index (κ3) is 3.75. The van der Waals surface area contributed by atoms with E-state index >= 15 is 0 Å². The number of likely N-dealkylation sites (tertiary alicyclic amines) is 1. The van der Waals surface area contributed by atoms with Gasteiger partial charge in [0, 0.05) is 44.1 Å². The van der Waals surface area contributed by atoms with Crippen LogP contribution in [0.25, 0.3) is 0 Å². The van der Waals surface area contributed by atoms with Gasteiger partial charge in [0.15, 0.2) is 0 Å². The summed E-state index contributed by atoms with van der Waals surface area (Å²) in [6, 6.07) is 5.51. The summed E-state index contributed by atoms with van der Waals surface area (Å²) in [4.78, 5) is 23.3. The van der Waals surface area contributed by atoms with Gasteiger partial charge in [-0.25, -0.2) is 4.98 Å². The van der Waals surface area contributed by atoms with Crippen molar-refractivity contribution in [2.75, 3.05) is 13.1 Å². The van der Waals surface area contributed by atoms with E-state index in [1.165, 1.54) is 24.4 Å². The van der Waals surface area contributed by atoms with E-state index in [4.69, 9.17) is 0 Å². The van der Waals surface area contributed by atoms with E-state index in [0.717, 1.165) is 44.8 Å². The lowest BCUT2D eigenvalue weighted by Gasteiger charge is -2.31. The SMILES string of the molecule is Cc1cnc(CC2CCN(C(=O)c3ccccn3)CC2)n1CC1CC1. The van der Waals surface area contributed by atoms with Gasteiger partial charge in [0.1, 0.15) is 11.5 Å². The number of piperidine rings is 1. The number of rotatable bonds is 5. The number of imidazole rings is 1. The molecule has 0 radical (unpaired) electrons. The summed E-state index contributed by atoms with van der Waals surface area (Å²) >= 11 is 0. The quantitative estimate of drug-likeness (QED) is 0.842. The number of carbonyl (C=O) groups excluding carboxylic acids is 1. The largest absolute Gasteiger partial charge is 0.337 e. The number of amides is 1. The maximum absolute atomic E-state index is 12.5. The fourth-order valence-electron chi connectivity index (χ4n) is 3.73. The van der Waals surface area contributed by atoms with Gasteiger partial charge in [-0.15, -0.1) is 0 Å². The molecule has 1 aliphatic carbocycles. The molecule has 1 amide bonds. The van der Waals surface area contributed by atoms with Crippen molar-refractivity contribution < 1.29 is 4.79 Å². The Labute approximate surface area is 149 Å². The van der Waals surface area contributed by atoms with E-state index in [2.05, 4.69) is 21.5 Å². The Bertz CT molecular complexity index is 727. The summed E-state index contributed by atoms with van der Waals surface area (Å²) in [5.74, 6) is 2.78. The van der Waals surface area contributed by atoms with Gasteiger partial charge in [0.2, 0.25) is 0 Å². The number of hydrogen-bond acceptors (Lipinski definition) is 3. The lowest BCUT2D eigenvalue weighted by atomic mass is 9.93. The van der Waals surface area contributed by atoms with Crippen LogP contribution in [0.3, 0.4) is 0 Å². The second-order valence-electron chi connectivity index (χ2n) is 7.52. The van der Waals surface area contributed by atoms with Gasteiger partial charge in [-0.2, -0.15) is 0 Å². The van der Waals surface area contributed by atoms with E-state index < -0.39 is 0 Å². The molecular formula is C20H26N4O. The molecule has 0 spiro atoms. The predicted molar refractivity (Wildman–Crippen MR) is 96.3 cm³/mol. The number of aromatic nitrogens is 3. The van der Waals surface area contributed by atoms with Crippen molar-refractivity contribution in [3.05, 3.63) is 47.8 Å². The molecule has 25 heavy (non-hydrogen) atoms. The fourth-order valence-corrected chi connectivity index (χ4v) is 3.73. The van der Waals surface area contributed by atoms with Crippen molar-refractivity contribution in [1.29, 1.82) is 0 Å². The summed E-state index contributed by atoms with van der Waals surface area (Å²) in [6.45, 7) is 4.94. The number of pyridine rings is 1. The molecule has 1 saturated carbocycles. The molecule has 2 aromatic rings. The van der Waals surface area contributed by atoms with E-state index in [-0.39, 0.29) is 5.91 Å². The highest BCUT2D eigenvalue weighted by Crippen LogP contribution is 2.32. The van der Waals surface area contributed by atoms with Crippen molar-refractivity contribution in [2.45, 2.75) is 45.6 Å². The molecule has 4 rings (SSSR count). The van der Waals surface area contributed by atoms with Gasteiger partial charge < -0.3 is 9.47 Å². The monoisotopic (exact) mass is 338 g/mol. The van der Waals surface area contributed by atoms with Crippen molar-refractivity contribution >= 4 is 5.91 Å². The zero-order valence-corrected chi connectivity index (χ0v) is 14.9. The summed E-state index contributed by atoms with van der Waals surface area (Å²) < 4.78 is 2.42. The second-order valence-corrected chi connectivity index (χ2v) is 7.52. The lowest BCUT2D eigenvalue weighted by Crippen LogP contribution is -2.39. The zero-order chi connectivity index (χ0) is 17.2. The molecule has 132 valence electrons. The Hall–Kier alpha value is -2.17. The minimum Gasteiger partial charge on any atom is -0.337 e. The zero-order valence-electron chi connectivity index (χ0n) is 14.9. The van der Waals surface area contributed by atoms with E-state index in [9.17, 15) is 4.79 Å². The Kier molecular flexibility index (Phi) is 4.55. The maximum atomic E-state index is 12.5. The smallest absolute Gasteiger partial charge is 0.272 e. The van der Waals surface area contributed by atoms with Crippen molar-refractivity contribution in [3.8, 4) is 0 Å². The maximum Gasteiger partial charge on any atom is 0.272 e. The Morgan fingerprint density at radius 1 is 1.12 bits per heavy atom. The number of hydrogen-bond donors (Lipinski definition) is 0. The Morgan fingerprint density at radius 2 is 1.92 bits per heavy atom. The average Bonchev–Trinajstić information content (AvgIpc) is 3.42. The highest BCUT2D eigenvalue weighted by molar-refractivity contribution is 5.92. The molecular weight excluding hydrogens is 312 g/mol. The minimum absolute atomic E-state index is 0.0603. The van der Waals surface area contributed by atoms with Crippen LogP contribution in [0, 0.1) is 18.8 Å². The molecule has 5 nitrogen and oxygen atoms in total. The van der Waals surface area contributed by atoms with E-state index in [0.29, 0.717) is 11.6 Å². The summed E-state index contributed by atoms with van der Waals surface area (Å²) in [7, 11) is 0. The van der Waals surface area contributed by atoms with Crippen LogP contribution < -0.4 is 0 Å². The van der Waals surface area contributed by atoms with Crippen molar-refractivity contribution in [1.82, 2.24) is 19.4 Å². The van der Waals surface area contributed by atoms with Gasteiger partial charge in [0.25, 0.3) is 5.91 Å². The third-order valence-corrected chi connectivity index (χ3v) is 5.53. The van der Waals surface area contributed by atoms with Crippen LogP contribution in [0.4, 0.5) is 0 Å². The predicted octanol–water partition coefficient (Wildman–Crippen LogP) is 3.09. The number of aryl methyl sites for hydroxylation is 1. The first-order valence-corrected chi connectivity index (χ1v) is 9.42. The molecule has 0 bridgehead atoms. The summed E-state index contributed by atoms with van der Waals surface area (Å²) in [5, 5.41) is 0. The lowest BCUT2D eigenvalue weighted by molar-refractivity contribution is 0.0683. The topological polar surface area (TPSA) is 51.0 Å². The first-order chi connectivity index (χ1) is 12.2. The van der Waals surface area contributed by atoms with Crippen LogP contribution in [-0.2, 0) is 13.0 Å². The molecule has 0 N–H and O–H groups in total. The van der Waals surface area contributed by atoms with Crippen molar-refractivity contribution in [2.24, 2.45) is 11.8 Å². The Balaban J connectivity index is 1.34. The molecule has 5 heteroatoms. The van der Waals surface area contributed by atoms with Crippen LogP contribution >= 0.6 is 0 Å². The van der Waals surface area contributed by atoms with Crippen LogP contribution in [-0.4, -0.2) is 38.4 Å². The first-order valence-electron chi connectivity index (χ1n) is 9.42. The van der Waals surface area contributed by atoms with Crippen LogP contribution in [0.15, 0.2) is 30.6 Å². The minimum atomic E-state index is 0.0603. The summed E-state index contributed by atoms with van der Waals surface area (Å²) in [6.07, 6.45) is 9.56. The molecule has 2 fully saturated rings. The van der Waals surface area contributed by atoms with Crippen LogP contribution in [0.1, 0.15) is 47.7 Å². The van der Waals surface area contributed by atoms with Gasteiger partial charge in [-0.1, -0.05) is 6.07 Å². The molecule has 0 unspecified atom stereocenters. The van der Waals surface area contributed by atoms with Gasteiger partial charge in [-0.3, -0.25) is 9.78 Å². The van der Waals surface area contributed by atoms with Crippen molar-refractivity contribution in [3.63, 3.8) is 0 Å². The number of nitrogens with zero attached hydrogens (tertiary/aromatic N) is 4. The highest BCUT2D eigenvalue weighted by Gasteiger charge is 2.27. The standard InChI is InChI=1S/C20H26N4O/c1-15-13-22-19(24(15)14-17-5-6-17)12-16-7-10-23(11-8-16)20(25)18-4-2-3-9-21-18/h2-4,9,13,16-17H,5-8,10-12,14H2,1H3. The number of carbonyl (C=O) groups is 1. The molecule has 1 saturated heterocycles. The van der Waals surface area contributed by atoms with Crippen LogP contribution in [0.5, 0.6) is 0 Å². The molecule has 0 aromatic carbocycles. The molecule has 3 heterocycles. The Morgan fingerprint density at radius 3 is 2.60 bits per heavy atom. The summed E-state index contributed by atoms with van der Waals surface area (Å²) in [5.41, 5.74) is 1.83. The first kappa shape index (κ1) is 16.3. The normalized spacial score (nSPS) is 18.5. The van der Waals surface area contributed by atoms with E-state index in [1.807, 2.05) is 23.2 Å². The molecule has 2 aromatic heterocycles. The molecule has 0 atom stereocenters.